The van der Waals surface area contributed by atoms with Crippen LogP contribution in [0.2, 0.25) is 0 Å². The summed E-state index contributed by atoms with van der Waals surface area (Å²) in [6, 6.07) is 10.9. The van der Waals surface area contributed by atoms with E-state index in [1.54, 1.807) is 0 Å². The molecule has 2 N–H and O–H groups in total. The molecule has 0 heterocycles. The largest absolute Gasteiger partial charge is 0.392 e. The van der Waals surface area contributed by atoms with Gasteiger partial charge < -0.3 is 10.4 Å². The molecule has 0 saturated carbocycles. The molecule has 0 aromatic heterocycles. The summed E-state index contributed by atoms with van der Waals surface area (Å²) in [7, 11) is 0. The van der Waals surface area contributed by atoms with Gasteiger partial charge in [0.05, 0.1) is 6.61 Å². The van der Waals surface area contributed by atoms with Crippen LogP contribution < -0.4 is 5.32 Å². The van der Waals surface area contributed by atoms with Gasteiger partial charge in [-0.3, -0.25) is 0 Å². The Balaban J connectivity index is 1.94. The fourth-order valence-corrected chi connectivity index (χ4v) is 1.86. The fraction of sp³-hybridized carbons (Fsp3) is 0.200. The maximum Gasteiger partial charge on any atom is 0.127 e. The number of rotatable bonds is 5. The van der Waals surface area contributed by atoms with Crippen LogP contribution in [0.1, 0.15) is 16.7 Å². The van der Waals surface area contributed by atoms with Crippen LogP contribution in [-0.4, -0.2) is 5.11 Å². The van der Waals surface area contributed by atoms with Crippen LogP contribution >= 0.6 is 0 Å². The zero-order chi connectivity index (χ0) is 13.7. The average Bonchev–Trinajstić information content (AvgIpc) is 2.43. The average molecular weight is 263 g/mol. The molecule has 0 aliphatic rings. The van der Waals surface area contributed by atoms with Crippen LogP contribution in [0.15, 0.2) is 42.5 Å². The summed E-state index contributed by atoms with van der Waals surface area (Å²) in [4.78, 5) is 0. The fourth-order valence-electron chi connectivity index (χ4n) is 1.86. The van der Waals surface area contributed by atoms with Crippen LogP contribution in [-0.2, 0) is 19.7 Å². The maximum atomic E-state index is 13.4. The van der Waals surface area contributed by atoms with Crippen molar-refractivity contribution in [3.05, 3.63) is 70.8 Å². The van der Waals surface area contributed by atoms with E-state index in [4.69, 9.17) is 5.11 Å². The minimum absolute atomic E-state index is 0.00757. The summed E-state index contributed by atoms with van der Waals surface area (Å²) < 4.78 is 26.3. The Labute approximate surface area is 110 Å². The Bertz CT molecular complexity index is 558. The summed E-state index contributed by atoms with van der Waals surface area (Å²) in [5.41, 5.74) is 2.12. The molecule has 0 spiro atoms. The molecule has 2 rings (SSSR count). The van der Waals surface area contributed by atoms with E-state index >= 15 is 0 Å². The molecule has 0 unspecified atom stereocenters. The Kier molecular flexibility index (Phi) is 4.60. The lowest BCUT2D eigenvalue weighted by Crippen LogP contribution is -2.14. The monoisotopic (exact) mass is 263 g/mol. The van der Waals surface area contributed by atoms with E-state index in [2.05, 4.69) is 5.32 Å². The van der Waals surface area contributed by atoms with Crippen LogP contribution in [0.5, 0.6) is 0 Å². The van der Waals surface area contributed by atoms with Crippen LogP contribution in [0.25, 0.3) is 0 Å². The lowest BCUT2D eigenvalue weighted by Gasteiger charge is -2.07. The molecule has 0 atom stereocenters. The van der Waals surface area contributed by atoms with E-state index < -0.39 is 11.6 Å². The van der Waals surface area contributed by atoms with E-state index in [1.807, 2.05) is 24.3 Å². The highest BCUT2D eigenvalue weighted by molar-refractivity contribution is 5.23. The minimum atomic E-state index is -0.444. The van der Waals surface area contributed by atoms with Gasteiger partial charge in [0.2, 0.25) is 0 Å². The summed E-state index contributed by atoms with van der Waals surface area (Å²) in [6.45, 7) is 0.781. The molecular formula is C15H15F2NO. The predicted molar refractivity (Wildman–Crippen MR) is 69.3 cm³/mol. The SMILES string of the molecule is OCc1cccc(CNCc2cc(F)ccc2F)c1. The Morgan fingerprint density at radius 2 is 1.74 bits per heavy atom. The molecule has 2 aromatic rings. The summed E-state index contributed by atoms with van der Waals surface area (Å²) in [5.74, 6) is -0.863. The molecule has 0 fully saturated rings. The molecule has 4 heteroatoms. The molecule has 0 aliphatic carbocycles. The van der Waals surface area contributed by atoms with Crippen LogP contribution in [0.3, 0.4) is 0 Å². The lowest BCUT2D eigenvalue weighted by molar-refractivity contribution is 0.281. The van der Waals surface area contributed by atoms with Crippen molar-refractivity contribution in [3.63, 3.8) is 0 Å². The number of benzene rings is 2. The third-order valence-electron chi connectivity index (χ3n) is 2.83. The number of nitrogens with one attached hydrogen (secondary N) is 1. The van der Waals surface area contributed by atoms with Crippen molar-refractivity contribution in [2.75, 3.05) is 0 Å². The first-order valence-corrected chi connectivity index (χ1v) is 6.02. The van der Waals surface area contributed by atoms with Crippen molar-refractivity contribution >= 4 is 0 Å². The van der Waals surface area contributed by atoms with Gasteiger partial charge in [-0.15, -0.1) is 0 Å². The normalized spacial score (nSPS) is 10.7. The minimum Gasteiger partial charge on any atom is -0.392 e. The topological polar surface area (TPSA) is 32.3 Å². The van der Waals surface area contributed by atoms with Gasteiger partial charge in [-0.25, -0.2) is 8.78 Å². The first-order valence-electron chi connectivity index (χ1n) is 6.02. The van der Waals surface area contributed by atoms with E-state index in [1.165, 1.54) is 6.07 Å². The Hall–Kier alpha value is -1.78. The molecule has 0 amide bonds. The molecule has 0 radical (unpaired) electrons. The predicted octanol–water partition coefficient (Wildman–Crippen LogP) is 2.75. The van der Waals surface area contributed by atoms with Crippen LogP contribution in [0.4, 0.5) is 8.78 Å². The van der Waals surface area contributed by atoms with Crippen molar-refractivity contribution in [1.82, 2.24) is 5.32 Å². The molecular weight excluding hydrogens is 248 g/mol. The molecule has 0 aliphatic heterocycles. The van der Waals surface area contributed by atoms with Gasteiger partial charge in [-0.05, 0) is 29.3 Å². The van der Waals surface area contributed by atoms with Crippen molar-refractivity contribution in [3.8, 4) is 0 Å². The second kappa shape index (κ2) is 6.41. The molecule has 2 nitrogen and oxygen atoms in total. The quantitative estimate of drug-likeness (QED) is 0.869. The summed E-state index contributed by atoms with van der Waals surface area (Å²) in [5, 5.41) is 12.1. The third-order valence-corrected chi connectivity index (χ3v) is 2.83. The van der Waals surface area contributed by atoms with Gasteiger partial charge in [-0.1, -0.05) is 24.3 Å². The zero-order valence-electron chi connectivity index (χ0n) is 10.4. The van der Waals surface area contributed by atoms with Crippen molar-refractivity contribution in [2.45, 2.75) is 19.7 Å². The van der Waals surface area contributed by atoms with Gasteiger partial charge >= 0.3 is 0 Å². The number of hydrogen-bond donors (Lipinski definition) is 2. The van der Waals surface area contributed by atoms with Crippen molar-refractivity contribution in [1.29, 1.82) is 0 Å². The summed E-state index contributed by atoms with van der Waals surface area (Å²) >= 11 is 0. The van der Waals surface area contributed by atoms with Crippen molar-refractivity contribution in [2.24, 2.45) is 0 Å². The first-order chi connectivity index (χ1) is 9.19. The standard InChI is InChI=1S/C15H15F2NO/c16-14-4-5-15(17)13(7-14)9-18-8-11-2-1-3-12(6-11)10-19/h1-7,18-19H,8-10H2. The second-order valence-corrected chi connectivity index (χ2v) is 4.32. The van der Waals surface area contributed by atoms with Gasteiger partial charge in [-0.2, -0.15) is 0 Å². The smallest absolute Gasteiger partial charge is 0.127 e. The van der Waals surface area contributed by atoms with Gasteiger partial charge in [0, 0.05) is 18.7 Å². The highest BCUT2D eigenvalue weighted by atomic mass is 19.1. The zero-order valence-corrected chi connectivity index (χ0v) is 10.4. The number of hydrogen-bond acceptors (Lipinski definition) is 2. The first kappa shape index (κ1) is 13.6. The molecule has 0 bridgehead atoms. The van der Waals surface area contributed by atoms with Crippen LogP contribution in [0, 0.1) is 11.6 Å². The third kappa shape index (κ3) is 3.84. The number of halogens is 2. The van der Waals surface area contributed by atoms with Crippen molar-refractivity contribution < 1.29 is 13.9 Å². The van der Waals surface area contributed by atoms with E-state index in [9.17, 15) is 8.78 Å². The van der Waals surface area contributed by atoms with Gasteiger partial charge in [0.15, 0.2) is 0 Å². The van der Waals surface area contributed by atoms with Gasteiger partial charge in [0.25, 0.3) is 0 Å². The number of aliphatic hydroxyl groups excluding tert-OH is 1. The molecule has 0 saturated heterocycles. The van der Waals surface area contributed by atoms with E-state index in [0.29, 0.717) is 12.1 Å². The van der Waals surface area contributed by atoms with Gasteiger partial charge in [0.1, 0.15) is 11.6 Å². The second-order valence-electron chi connectivity index (χ2n) is 4.32. The van der Waals surface area contributed by atoms with E-state index in [-0.39, 0.29) is 13.2 Å². The molecule has 19 heavy (non-hydrogen) atoms. The highest BCUT2D eigenvalue weighted by Gasteiger charge is 2.03. The summed E-state index contributed by atoms with van der Waals surface area (Å²) in [6.07, 6.45) is 0. The Morgan fingerprint density at radius 1 is 0.947 bits per heavy atom. The molecule has 100 valence electrons. The highest BCUT2D eigenvalue weighted by Crippen LogP contribution is 2.10. The maximum absolute atomic E-state index is 13.4. The Morgan fingerprint density at radius 3 is 2.53 bits per heavy atom. The number of aliphatic hydroxyl groups is 1. The molecule has 2 aromatic carbocycles. The van der Waals surface area contributed by atoms with E-state index in [0.717, 1.165) is 23.3 Å². The lowest BCUT2D eigenvalue weighted by atomic mass is 10.1.